The van der Waals surface area contributed by atoms with E-state index < -0.39 is 62.0 Å². The average molecular weight is 667 g/mol. The van der Waals surface area contributed by atoms with Crippen molar-refractivity contribution in [3.05, 3.63) is 64.6 Å². The van der Waals surface area contributed by atoms with E-state index in [-0.39, 0.29) is 58.6 Å². The molecule has 242 valence electrons. The van der Waals surface area contributed by atoms with Crippen molar-refractivity contribution in [1.29, 1.82) is 0 Å². The van der Waals surface area contributed by atoms with Gasteiger partial charge < -0.3 is 19.1 Å². The second kappa shape index (κ2) is 13.5. The first-order valence-electron chi connectivity index (χ1n) is 14.2. The third-order valence-electron chi connectivity index (χ3n) is 7.52. The number of halogens is 3. The summed E-state index contributed by atoms with van der Waals surface area (Å²) in [6.45, 7) is 4.65. The van der Waals surface area contributed by atoms with Crippen LogP contribution in [0.2, 0.25) is 5.02 Å². The Morgan fingerprint density at radius 3 is 2.53 bits per heavy atom. The van der Waals surface area contributed by atoms with Crippen molar-refractivity contribution in [3.63, 3.8) is 0 Å². The molecule has 1 aromatic heterocycles. The monoisotopic (exact) mass is 666 g/mol. The van der Waals surface area contributed by atoms with Gasteiger partial charge in [-0.2, -0.15) is 0 Å². The molecule has 10 nitrogen and oxygen atoms in total. The number of esters is 1. The van der Waals surface area contributed by atoms with Crippen LogP contribution < -0.4 is 5.30 Å². The van der Waals surface area contributed by atoms with Crippen LogP contribution in [0.3, 0.4) is 0 Å². The molecule has 14 heteroatoms. The number of ketones is 2. The van der Waals surface area contributed by atoms with E-state index in [2.05, 4.69) is 0 Å². The largest absolute Gasteiger partial charge is 0.438 e. The summed E-state index contributed by atoms with van der Waals surface area (Å²) in [6, 6.07) is 7.38. The predicted molar refractivity (Wildman–Crippen MR) is 163 cm³/mol. The lowest BCUT2D eigenvalue weighted by molar-refractivity contribution is -0.159. The number of rotatable bonds is 11. The Kier molecular flexibility index (Phi) is 10.3. The van der Waals surface area contributed by atoms with Gasteiger partial charge in [0.15, 0.2) is 11.6 Å². The van der Waals surface area contributed by atoms with Crippen molar-refractivity contribution in [2.45, 2.75) is 65.7 Å². The maximum Gasteiger partial charge on any atom is 0.361 e. The molecule has 1 amide bonds. The summed E-state index contributed by atoms with van der Waals surface area (Å²) >= 11 is 5.82. The molecule has 0 aliphatic carbocycles. The van der Waals surface area contributed by atoms with Crippen LogP contribution in [-0.4, -0.2) is 63.4 Å². The Bertz CT molecular complexity index is 1700. The molecule has 1 N–H and O–H groups in total. The highest BCUT2D eigenvalue weighted by molar-refractivity contribution is 7.61. The topological polar surface area (TPSA) is 132 Å². The zero-order valence-electron chi connectivity index (χ0n) is 25.2. The van der Waals surface area contributed by atoms with E-state index in [1.807, 2.05) is 0 Å². The van der Waals surface area contributed by atoms with Crippen LogP contribution in [0, 0.1) is 11.2 Å². The SMILES string of the molecule is CC(=O)c1cn(CC(=O)N2C[C@H](F)C[C@H]2C(=O)CCc2cccc(Cl)c2F)c2cc(P(=O)(O)OCOC(=O)C(C)(C)C)ccc12. The van der Waals surface area contributed by atoms with Gasteiger partial charge in [-0.3, -0.25) is 28.3 Å². The number of nitrogens with zero attached hydrogens (tertiary/aromatic N) is 2. The third kappa shape index (κ3) is 7.87. The smallest absolute Gasteiger partial charge is 0.361 e. The molecule has 2 aromatic carbocycles. The van der Waals surface area contributed by atoms with Gasteiger partial charge in [-0.1, -0.05) is 29.8 Å². The Labute approximate surface area is 263 Å². The molecular formula is C31H34ClF2N2O8P. The minimum absolute atomic E-state index is 0.0202. The fourth-order valence-electron chi connectivity index (χ4n) is 5.08. The lowest BCUT2D eigenvalue weighted by atomic mass is 9.98. The molecule has 0 bridgehead atoms. The molecule has 45 heavy (non-hydrogen) atoms. The second-order valence-electron chi connectivity index (χ2n) is 12.0. The molecule has 2 heterocycles. The Morgan fingerprint density at radius 1 is 1.16 bits per heavy atom. The number of Topliss-reactive ketones (excluding diaryl/α,β-unsaturated/α-hetero) is 2. The highest BCUT2D eigenvalue weighted by Crippen LogP contribution is 2.42. The highest BCUT2D eigenvalue weighted by atomic mass is 35.5. The molecule has 1 saturated heterocycles. The van der Waals surface area contributed by atoms with Crippen LogP contribution >= 0.6 is 19.2 Å². The first-order chi connectivity index (χ1) is 21.0. The molecule has 3 atom stereocenters. The Balaban J connectivity index is 1.54. The van der Waals surface area contributed by atoms with Crippen LogP contribution in [0.5, 0.6) is 0 Å². The minimum atomic E-state index is -4.52. The van der Waals surface area contributed by atoms with E-state index in [0.717, 1.165) is 4.90 Å². The third-order valence-corrected chi connectivity index (χ3v) is 9.20. The van der Waals surface area contributed by atoms with Crippen molar-refractivity contribution < 1.29 is 46.7 Å². The number of aromatic nitrogens is 1. The maximum atomic E-state index is 14.5. The number of fused-ring (bicyclic) bond motifs is 1. The number of aryl methyl sites for hydroxylation is 1. The number of hydrogen-bond acceptors (Lipinski definition) is 7. The first-order valence-corrected chi connectivity index (χ1v) is 16.1. The van der Waals surface area contributed by atoms with Gasteiger partial charge >= 0.3 is 13.6 Å². The van der Waals surface area contributed by atoms with E-state index in [1.165, 1.54) is 48.0 Å². The average Bonchev–Trinajstić information content (AvgIpc) is 3.53. The Hall–Kier alpha value is -3.44. The van der Waals surface area contributed by atoms with Crippen molar-refractivity contribution in [2.75, 3.05) is 13.3 Å². The zero-order valence-corrected chi connectivity index (χ0v) is 26.9. The van der Waals surface area contributed by atoms with Gasteiger partial charge in [-0.15, -0.1) is 0 Å². The van der Waals surface area contributed by atoms with E-state index in [1.54, 1.807) is 26.8 Å². The van der Waals surface area contributed by atoms with Gasteiger partial charge in [0.05, 0.1) is 33.8 Å². The van der Waals surface area contributed by atoms with Gasteiger partial charge in [0.2, 0.25) is 12.7 Å². The molecule has 4 rings (SSSR count). The first kappa shape index (κ1) is 34.4. The van der Waals surface area contributed by atoms with Gasteiger partial charge in [-0.25, -0.2) is 8.78 Å². The molecule has 1 unspecified atom stereocenters. The number of benzene rings is 2. The predicted octanol–water partition coefficient (Wildman–Crippen LogP) is 5.15. The number of ether oxygens (including phenoxy) is 1. The molecule has 1 aliphatic heterocycles. The lowest BCUT2D eigenvalue weighted by Gasteiger charge is -2.24. The fraction of sp³-hybridized carbons (Fsp3) is 0.419. The fourth-order valence-corrected chi connectivity index (χ4v) is 6.17. The summed E-state index contributed by atoms with van der Waals surface area (Å²) in [5.41, 5.74) is -0.149. The number of hydrogen-bond donors (Lipinski definition) is 1. The van der Waals surface area contributed by atoms with Crippen molar-refractivity contribution in [3.8, 4) is 0 Å². The van der Waals surface area contributed by atoms with Crippen molar-refractivity contribution >= 4 is 58.8 Å². The van der Waals surface area contributed by atoms with E-state index in [0.29, 0.717) is 5.39 Å². The molecule has 0 saturated carbocycles. The van der Waals surface area contributed by atoms with Gasteiger partial charge in [0.25, 0.3) is 0 Å². The summed E-state index contributed by atoms with van der Waals surface area (Å²) in [4.78, 5) is 62.7. The van der Waals surface area contributed by atoms with Crippen molar-refractivity contribution in [2.24, 2.45) is 5.41 Å². The normalized spacial score (nSPS) is 18.2. The molecule has 3 aromatic rings. The quantitative estimate of drug-likeness (QED) is 0.129. The standard InChI is InChI=1S/C31H34ClF2N2O8P/c1-18(37)23-15-35(25-13-21(9-10-22(23)25)45(41,42)44-17-43-30(40)31(2,3)4)16-28(39)36-14-20(33)12-26(36)27(38)11-8-19-6-5-7-24(32)29(19)34/h5-7,9-10,13,15,20,26H,8,11-12,14,16-17H2,1-4H3,(H,41,42)/t20-,26+/m1/s1. The van der Waals surface area contributed by atoms with Crippen LogP contribution in [0.25, 0.3) is 10.9 Å². The maximum absolute atomic E-state index is 14.5. The van der Waals surface area contributed by atoms with Gasteiger partial charge in [0.1, 0.15) is 18.5 Å². The number of carbonyl (C=O) groups is 4. The zero-order chi connectivity index (χ0) is 33.3. The van der Waals surface area contributed by atoms with Gasteiger partial charge in [-0.05, 0) is 57.9 Å². The Morgan fingerprint density at radius 2 is 1.87 bits per heavy atom. The molecule has 0 spiro atoms. The lowest BCUT2D eigenvalue weighted by Crippen LogP contribution is -2.42. The van der Waals surface area contributed by atoms with E-state index in [4.69, 9.17) is 20.9 Å². The van der Waals surface area contributed by atoms with Gasteiger partial charge in [0, 0.05) is 30.0 Å². The summed E-state index contributed by atoms with van der Waals surface area (Å²) < 4.78 is 53.2. The van der Waals surface area contributed by atoms with Crippen LogP contribution in [0.4, 0.5) is 8.78 Å². The molecule has 0 radical (unpaired) electrons. The van der Waals surface area contributed by atoms with Crippen LogP contribution in [-0.2, 0) is 41.2 Å². The number of alkyl halides is 1. The highest BCUT2D eigenvalue weighted by Gasteiger charge is 2.39. The molecular weight excluding hydrogens is 633 g/mol. The number of likely N-dealkylation sites (tertiary alicyclic amines) is 1. The second-order valence-corrected chi connectivity index (χ2v) is 14.2. The number of amides is 1. The van der Waals surface area contributed by atoms with E-state index in [9.17, 15) is 37.4 Å². The summed E-state index contributed by atoms with van der Waals surface area (Å²) in [7, 11) is -4.52. The van der Waals surface area contributed by atoms with Crippen LogP contribution in [0.1, 0.15) is 56.5 Å². The number of carbonyl (C=O) groups excluding carboxylic acids is 4. The molecule has 1 aliphatic rings. The van der Waals surface area contributed by atoms with Crippen molar-refractivity contribution in [1.82, 2.24) is 9.47 Å². The minimum Gasteiger partial charge on any atom is -0.438 e. The summed E-state index contributed by atoms with van der Waals surface area (Å²) in [5.74, 6) is -2.65. The van der Waals surface area contributed by atoms with Crippen LogP contribution in [0.15, 0.2) is 42.6 Å². The summed E-state index contributed by atoms with van der Waals surface area (Å²) in [6.07, 6.45) is -0.365. The molecule has 1 fully saturated rings. The summed E-state index contributed by atoms with van der Waals surface area (Å²) in [5, 5.41) is 0.121. The van der Waals surface area contributed by atoms with E-state index >= 15 is 0 Å².